The monoisotopic (exact) mass is 177 g/mol. The highest BCUT2D eigenvalue weighted by Gasteiger charge is 1.91. The number of amides is 1. The fourth-order valence-electron chi connectivity index (χ4n) is 0.744. The molecule has 0 saturated carbocycles. The molecule has 0 saturated heterocycles. The summed E-state index contributed by atoms with van der Waals surface area (Å²) in [4.78, 5) is 14.5. The van der Waals surface area contributed by atoms with Crippen LogP contribution in [0.1, 0.15) is 11.3 Å². The summed E-state index contributed by atoms with van der Waals surface area (Å²) in [5, 5.41) is 8.18. The zero-order chi connectivity index (χ0) is 9.68. The van der Waals surface area contributed by atoms with Gasteiger partial charge in [-0.15, -0.1) is 0 Å². The van der Waals surface area contributed by atoms with E-state index in [0.29, 0.717) is 5.69 Å². The summed E-state index contributed by atoms with van der Waals surface area (Å²) in [5.41, 5.74) is 2.93. The van der Waals surface area contributed by atoms with Crippen molar-refractivity contribution in [3.63, 3.8) is 0 Å². The molecular weight excluding hydrogens is 168 g/mol. The molecule has 0 aliphatic rings. The largest absolute Gasteiger partial charge is 0.288 e. The Bertz CT molecular complexity index is 317. The van der Waals surface area contributed by atoms with Crippen molar-refractivity contribution in [2.75, 3.05) is 0 Å². The van der Waals surface area contributed by atoms with E-state index < -0.39 is 5.91 Å². The van der Waals surface area contributed by atoms with E-state index in [4.69, 9.17) is 5.21 Å². The Labute approximate surface area is 75.9 Å². The average Bonchev–Trinajstić information content (AvgIpc) is 2.16. The molecule has 4 nitrogen and oxygen atoms in total. The van der Waals surface area contributed by atoms with Crippen LogP contribution in [0.3, 0.4) is 0 Å². The molecular formula is C9H9N2O2. The Morgan fingerprint density at radius 1 is 1.62 bits per heavy atom. The lowest BCUT2D eigenvalue weighted by atomic mass is 10.2. The van der Waals surface area contributed by atoms with Crippen LogP contribution in [0.15, 0.2) is 24.4 Å². The average molecular weight is 177 g/mol. The molecule has 0 unspecified atom stereocenters. The summed E-state index contributed by atoms with van der Waals surface area (Å²) in [6, 6.07) is 3.51. The van der Waals surface area contributed by atoms with E-state index >= 15 is 0 Å². The van der Waals surface area contributed by atoms with Gasteiger partial charge in [-0.1, -0.05) is 6.07 Å². The summed E-state index contributed by atoms with van der Waals surface area (Å²) < 4.78 is 0. The number of nitrogens with one attached hydrogen (secondary N) is 1. The highest BCUT2D eigenvalue weighted by atomic mass is 16.5. The van der Waals surface area contributed by atoms with Gasteiger partial charge in [0.1, 0.15) is 0 Å². The van der Waals surface area contributed by atoms with Crippen LogP contribution in [0.4, 0.5) is 0 Å². The molecule has 0 aliphatic carbocycles. The van der Waals surface area contributed by atoms with Crippen LogP contribution < -0.4 is 5.48 Å². The molecule has 1 aromatic heterocycles. The number of hydroxylamine groups is 1. The van der Waals surface area contributed by atoms with Gasteiger partial charge in [0.2, 0.25) is 0 Å². The molecule has 1 rings (SSSR count). The Morgan fingerprint density at radius 3 is 2.92 bits per heavy atom. The third-order valence-electron chi connectivity index (χ3n) is 1.38. The lowest BCUT2D eigenvalue weighted by molar-refractivity contribution is -0.124. The van der Waals surface area contributed by atoms with Crippen LogP contribution in [-0.2, 0) is 4.79 Å². The highest BCUT2D eigenvalue weighted by Crippen LogP contribution is 2.00. The molecule has 4 heteroatoms. The predicted octanol–water partition coefficient (Wildman–Crippen LogP) is 0.782. The maximum absolute atomic E-state index is 10.6. The van der Waals surface area contributed by atoms with Crippen molar-refractivity contribution < 1.29 is 10.0 Å². The first-order valence-electron chi connectivity index (χ1n) is 3.62. The van der Waals surface area contributed by atoms with Crippen molar-refractivity contribution in [2.45, 2.75) is 0 Å². The Hall–Kier alpha value is -1.68. The van der Waals surface area contributed by atoms with Gasteiger partial charge >= 0.3 is 0 Å². The van der Waals surface area contributed by atoms with Crippen LogP contribution in [0.5, 0.6) is 0 Å². The van der Waals surface area contributed by atoms with Crippen molar-refractivity contribution in [3.05, 3.63) is 42.6 Å². The standard InChI is InChI=1S/C9H9N2O2/c1-7-2-3-8(6-10-7)4-5-9(12)11-13/h2-6,13H,1H2,(H,11,12)/b5-4+. The summed E-state index contributed by atoms with van der Waals surface area (Å²) >= 11 is 0. The van der Waals surface area contributed by atoms with Gasteiger partial charge in [-0.2, -0.15) is 0 Å². The van der Waals surface area contributed by atoms with Gasteiger partial charge in [0.05, 0.1) is 0 Å². The van der Waals surface area contributed by atoms with E-state index in [0.717, 1.165) is 5.56 Å². The van der Waals surface area contributed by atoms with E-state index in [9.17, 15) is 4.79 Å². The van der Waals surface area contributed by atoms with Crippen molar-refractivity contribution in [1.82, 2.24) is 10.5 Å². The van der Waals surface area contributed by atoms with Crippen molar-refractivity contribution in [2.24, 2.45) is 0 Å². The molecule has 0 spiro atoms. The first-order chi connectivity index (χ1) is 6.22. The van der Waals surface area contributed by atoms with Crippen LogP contribution in [0, 0.1) is 6.92 Å². The summed E-state index contributed by atoms with van der Waals surface area (Å²) in [6.45, 7) is 3.62. The van der Waals surface area contributed by atoms with E-state index in [2.05, 4.69) is 11.9 Å². The Morgan fingerprint density at radius 2 is 2.38 bits per heavy atom. The molecule has 1 heterocycles. The third-order valence-corrected chi connectivity index (χ3v) is 1.38. The second-order valence-corrected chi connectivity index (χ2v) is 2.39. The third kappa shape index (κ3) is 3.04. The molecule has 1 aromatic rings. The van der Waals surface area contributed by atoms with E-state index in [1.165, 1.54) is 17.6 Å². The van der Waals surface area contributed by atoms with Gasteiger partial charge in [0.15, 0.2) is 0 Å². The number of carbonyl (C=O) groups is 1. The normalized spacial score (nSPS) is 10.3. The molecule has 0 aliphatic heterocycles. The number of hydrogen-bond donors (Lipinski definition) is 2. The lowest BCUT2D eigenvalue weighted by Gasteiger charge is -1.93. The van der Waals surface area contributed by atoms with E-state index in [1.54, 1.807) is 18.3 Å². The fourth-order valence-corrected chi connectivity index (χ4v) is 0.744. The summed E-state index contributed by atoms with van der Waals surface area (Å²) in [5.74, 6) is -0.571. The topological polar surface area (TPSA) is 62.2 Å². The lowest BCUT2D eigenvalue weighted by Crippen LogP contribution is -2.14. The second kappa shape index (κ2) is 4.37. The van der Waals surface area contributed by atoms with Gasteiger partial charge in [0, 0.05) is 18.0 Å². The zero-order valence-corrected chi connectivity index (χ0v) is 6.90. The SMILES string of the molecule is [CH2]c1ccc(/C=C/C(=O)NO)cn1. The van der Waals surface area contributed by atoms with Crippen LogP contribution in [0.2, 0.25) is 0 Å². The quantitative estimate of drug-likeness (QED) is 0.398. The minimum absolute atomic E-state index is 0.571. The second-order valence-electron chi connectivity index (χ2n) is 2.39. The van der Waals surface area contributed by atoms with Gasteiger partial charge in [-0.05, 0) is 24.6 Å². The maximum atomic E-state index is 10.6. The van der Waals surface area contributed by atoms with E-state index in [-0.39, 0.29) is 0 Å². The van der Waals surface area contributed by atoms with Gasteiger partial charge in [0.25, 0.3) is 5.91 Å². The molecule has 0 aromatic carbocycles. The Balaban J connectivity index is 2.69. The molecule has 2 N–H and O–H groups in total. The van der Waals surface area contributed by atoms with Crippen molar-refractivity contribution in [3.8, 4) is 0 Å². The number of hydrogen-bond acceptors (Lipinski definition) is 3. The molecule has 1 amide bonds. The molecule has 67 valence electrons. The number of carbonyl (C=O) groups excluding carboxylic acids is 1. The molecule has 13 heavy (non-hydrogen) atoms. The van der Waals surface area contributed by atoms with E-state index in [1.807, 2.05) is 0 Å². The van der Waals surface area contributed by atoms with Crippen molar-refractivity contribution in [1.29, 1.82) is 0 Å². The minimum Gasteiger partial charge on any atom is -0.288 e. The number of rotatable bonds is 2. The first-order valence-corrected chi connectivity index (χ1v) is 3.62. The van der Waals surface area contributed by atoms with Crippen molar-refractivity contribution >= 4 is 12.0 Å². The van der Waals surface area contributed by atoms with Crippen LogP contribution in [0.25, 0.3) is 6.08 Å². The number of aromatic nitrogens is 1. The maximum Gasteiger partial charge on any atom is 0.267 e. The predicted molar refractivity (Wildman–Crippen MR) is 47.7 cm³/mol. The van der Waals surface area contributed by atoms with Gasteiger partial charge in [-0.25, -0.2) is 5.48 Å². The van der Waals surface area contributed by atoms with Crippen LogP contribution in [-0.4, -0.2) is 16.1 Å². The smallest absolute Gasteiger partial charge is 0.267 e. The molecule has 0 atom stereocenters. The summed E-state index contributed by atoms with van der Waals surface area (Å²) in [6.07, 6.45) is 4.33. The van der Waals surface area contributed by atoms with Gasteiger partial charge in [-0.3, -0.25) is 15.0 Å². The molecule has 0 fully saturated rings. The van der Waals surface area contributed by atoms with Crippen LogP contribution >= 0.6 is 0 Å². The number of pyridine rings is 1. The highest BCUT2D eigenvalue weighted by molar-refractivity contribution is 5.90. The zero-order valence-electron chi connectivity index (χ0n) is 6.90. The molecule has 1 radical (unpaired) electrons. The molecule has 0 bridgehead atoms. The fraction of sp³-hybridized carbons (Fsp3) is 0. The minimum atomic E-state index is -0.571. The van der Waals surface area contributed by atoms with Gasteiger partial charge < -0.3 is 0 Å². The first kappa shape index (κ1) is 9.41. The number of nitrogens with zero attached hydrogens (tertiary/aromatic N) is 1. The Kier molecular flexibility index (Phi) is 3.16. The summed E-state index contributed by atoms with van der Waals surface area (Å²) in [7, 11) is 0.